The Labute approximate surface area is 85.3 Å². The van der Waals surface area contributed by atoms with Crippen molar-refractivity contribution in [3.8, 4) is 0 Å². The number of fused-ring (bicyclic) bond motifs is 1. The molecule has 0 aliphatic carbocycles. The maximum Gasteiger partial charge on any atom is 0.0459 e. The van der Waals surface area contributed by atoms with Gasteiger partial charge in [0.2, 0.25) is 0 Å². The van der Waals surface area contributed by atoms with E-state index in [2.05, 4.69) is 46.0 Å². The van der Waals surface area contributed by atoms with Crippen molar-refractivity contribution >= 4 is 26.8 Å². The summed E-state index contributed by atoms with van der Waals surface area (Å²) in [5.74, 6) is 0. The van der Waals surface area contributed by atoms with Crippen molar-refractivity contribution in [2.75, 3.05) is 0 Å². The van der Waals surface area contributed by atoms with Crippen LogP contribution >= 0.6 is 15.9 Å². The summed E-state index contributed by atoms with van der Waals surface area (Å²) < 4.78 is 1.14. The number of rotatable bonds is 1. The minimum absolute atomic E-state index is 0.561. The van der Waals surface area contributed by atoms with Gasteiger partial charge < -0.3 is 10.7 Å². The van der Waals surface area contributed by atoms with Crippen LogP contribution in [0.1, 0.15) is 11.3 Å². The molecule has 0 radical (unpaired) electrons. The summed E-state index contributed by atoms with van der Waals surface area (Å²) in [5.41, 5.74) is 9.01. The second kappa shape index (κ2) is 3.16. The van der Waals surface area contributed by atoms with Crippen LogP contribution in [-0.2, 0) is 6.54 Å². The van der Waals surface area contributed by atoms with Gasteiger partial charge in [0.15, 0.2) is 0 Å². The number of nitrogens with one attached hydrogen (secondary N) is 1. The fourth-order valence-corrected chi connectivity index (χ4v) is 1.79. The molecule has 2 nitrogen and oxygen atoms in total. The minimum atomic E-state index is 0.561. The molecular formula is C10H11BrN2. The summed E-state index contributed by atoms with van der Waals surface area (Å²) >= 11 is 3.50. The molecule has 0 spiro atoms. The van der Waals surface area contributed by atoms with Gasteiger partial charge in [-0.15, -0.1) is 0 Å². The van der Waals surface area contributed by atoms with Crippen molar-refractivity contribution in [1.29, 1.82) is 0 Å². The van der Waals surface area contributed by atoms with E-state index >= 15 is 0 Å². The monoisotopic (exact) mass is 238 g/mol. The van der Waals surface area contributed by atoms with Crippen LogP contribution in [0.3, 0.4) is 0 Å². The average Bonchev–Trinajstić information content (AvgIpc) is 2.48. The SMILES string of the molecule is Cc1cc2[nH]c(CN)cc2cc1Br. The Morgan fingerprint density at radius 2 is 2.15 bits per heavy atom. The van der Waals surface area contributed by atoms with Crippen molar-refractivity contribution in [2.45, 2.75) is 13.5 Å². The van der Waals surface area contributed by atoms with Crippen molar-refractivity contribution in [3.63, 3.8) is 0 Å². The zero-order valence-corrected chi connectivity index (χ0v) is 8.98. The Bertz CT molecular complexity index is 406. The molecule has 0 aliphatic rings. The molecule has 3 N–H and O–H groups in total. The molecule has 2 rings (SSSR count). The van der Waals surface area contributed by atoms with E-state index in [0.29, 0.717) is 6.54 Å². The van der Waals surface area contributed by atoms with Crippen LogP contribution in [0, 0.1) is 6.92 Å². The lowest BCUT2D eigenvalue weighted by atomic mass is 10.2. The Balaban J connectivity index is 2.70. The number of hydrogen-bond acceptors (Lipinski definition) is 1. The molecule has 0 fully saturated rings. The van der Waals surface area contributed by atoms with E-state index < -0.39 is 0 Å². The zero-order valence-electron chi connectivity index (χ0n) is 7.39. The molecule has 0 atom stereocenters. The molecule has 68 valence electrons. The predicted octanol–water partition coefficient (Wildman–Crippen LogP) is 2.70. The van der Waals surface area contributed by atoms with Gasteiger partial charge in [0, 0.05) is 27.6 Å². The van der Waals surface area contributed by atoms with E-state index in [1.807, 2.05) is 0 Å². The molecule has 1 aromatic carbocycles. The number of hydrogen-bond donors (Lipinski definition) is 2. The Kier molecular flexibility index (Phi) is 2.14. The highest BCUT2D eigenvalue weighted by Gasteiger charge is 2.01. The summed E-state index contributed by atoms with van der Waals surface area (Å²) in [6, 6.07) is 6.32. The molecule has 1 aromatic heterocycles. The molecule has 0 bridgehead atoms. The number of benzene rings is 1. The van der Waals surface area contributed by atoms with Gasteiger partial charge in [-0.2, -0.15) is 0 Å². The predicted molar refractivity (Wildman–Crippen MR) is 58.6 cm³/mol. The highest BCUT2D eigenvalue weighted by Crippen LogP contribution is 2.24. The maximum atomic E-state index is 5.55. The third-order valence-electron chi connectivity index (χ3n) is 2.18. The topological polar surface area (TPSA) is 41.8 Å². The maximum absolute atomic E-state index is 5.55. The summed E-state index contributed by atoms with van der Waals surface area (Å²) in [6.45, 7) is 2.64. The first-order chi connectivity index (χ1) is 6.20. The first kappa shape index (κ1) is 8.78. The lowest BCUT2D eigenvalue weighted by molar-refractivity contribution is 1.02. The summed E-state index contributed by atoms with van der Waals surface area (Å²) in [5, 5.41) is 1.21. The molecule has 2 aromatic rings. The third kappa shape index (κ3) is 1.49. The van der Waals surface area contributed by atoms with Crippen molar-refractivity contribution in [1.82, 2.24) is 4.98 Å². The van der Waals surface area contributed by atoms with Gasteiger partial charge in [-0.1, -0.05) is 15.9 Å². The molecule has 13 heavy (non-hydrogen) atoms. The van der Waals surface area contributed by atoms with Crippen molar-refractivity contribution in [3.05, 3.63) is 33.9 Å². The Hall–Kier alpha value is -0.800. The van der Waals surface area contributed by atoms with Gasteiger partial charge in [0.25, 0.3) is 0 Å². The molecule has 0 saturated carbocycles. The third-order valence-corrected chi connectivity index (χ3v) is 3.03. The summed E-state index contributed by atoms with van der Waals surface area (Å²) in [6.07, 6.45) is 0. The van der Waals surface area contributed by atoms with Gasteiger partial charge in [-0.05, 0) is 30.7 Å². The van der Waals surface area contributed by atoms with Gasteiger partial charge in [-0.3, -0.25) is 0 Å². The van der Waals surface area contributed by atoms with Crippen LogP contribution in [-0.4, -0.2) is 4.98 Å². The lowest BCUT2D eigenvalue weighted by Gasteiger charge is -1.96. The fraction of sp³-hybridized carbons (Fsp3) is 0.200. The number of aromatic nitrogens is 1. The van der Waals surface area contributed by atoms with Gasteiger partial charge in [0.1, 0.15) is 0 Å². The summed E-state index contributed by atoms with van der Waals surface area (Å²) in [4.78, 5) is 3.27. The first-order valence-corrected chi connectivity index (χ1v) is 4.98. The number of aryl methyl sites for hydroxylation is 1. The van der Waals surface area contributed by atoms with E-state index in [-0.39, 0.29) is 0 Å². The molecule has 0 unspecified atom stereocenters. The van der Waals surface area contributed by atoms with Crippen molar-refractivity contribution < 1.29 is 0 Å². The van der Waals surface area contributed by atoms with E-state index in [1.54, 1.807) is 0 Å². The van der Waals surface area contributed by atoms with E-state index in [1.165, 1.54) is 10.9 Å². The standard InChI is InChI=1S/C10H11BrN2/c1-6-2-10-7(4-9(6)11)3-8(5-12)13-10/h2-4,13H,5,12H2,1H3. The second-order valence-corrected chi connectivity index (χ2v) is 4.04. The van der Waals surface area contributed by atoms with Crippen LogP contribution in [0.2, 0.25) is 0 Å². The van der Waals surface area contributed by atoms with Crippen LogP contribution in [0.15, 0.2) is 22.7 Å². The van der Waals surface area contributed by atoms with Crippen LogP contribution < -0.4 is 5.73 Å². The minimum Gasteiger partial charge on any atom is -0.357 e. The molecule has 0 saturated heterocycles. The Morgan fingerprint density at radius 1 is 1.38 bits per heavy atom. The number of halogens is 1. The molecule has 1 heterocycles. The van der Waals surface area contributed by atoms with Gasteiger partial charge >= 0.3 is 0 Å². The van der Waals surface area contributed by atoms with Crippen LogP contribution in [0.25, 0.3) is 10.9 Å². The smallest absolute Gasteiger partial charge is 0.0459 e. The quantitative estimate of drug-likeness (QED) is 0.789. The summed E-state index contributed by atoms with van der Waals surface area (Å²) in [7, 11) is 0. The number of nitrogens with two attached hydrogens (primary N) is 1. The first-order valence-electron chi connectivity index (χ1n) is 4.18. The average molecular weight is 239 g/mol. The highest BCUT2D eigenvalue weighted by molar-refractivity contribution is 9.10. The van der Waals surface area contributed by atoms with E-state index in [4.69, 9.17) is 5.73 Å². The van der Waals surface area contributed by atoms with Crippen LogP contribution in [0.5, 0.6) is 0 Å². The van der Waals surface area contributed by atoms with Gasteiger partial charge in [0.05, 0.1) is 0 Å². The van der Waals surface area contributed by atoms with E-state index in [9.17, 15) is 0 Å². The van der Waals surface area contributed by atoms with Crippen LogP contribution in [0.4, 0.5) is 0 Å². The highest BCUT2D eigenvalue weighted by atomic mass is 79.9. The second-order valence-electron chi connectivity index (χ2n) is 3.19. The Morgan fingerprint density at radius 3 is 2.85 bits per heavy atom. The largest absolute Gasteiger partial charge is 0.357 e. The number of H-pyrrole nitrogens is 1. The molecule has 0 aliphatic heterocycles. The molecule has 0 amide bonds. The lowest BCUT2D eigenvalue weighted by Crippen LogP contribution is -1.94. The van der Waals surface area contributed by atoms with Gasteiger partial charge in [-0.25, -0.2) is 0 Å². The van der Waals surface area contributed by atoms with Crippen molar-refractivity contribution in [2.24, 2.45) is 5.73 Å². The van der Waals surface area contributed by atoms with E-state index in [0.717, 1.165) is 15.7 Å². The molecular weight excluding hydrogens is 228 g/mol. The zero-order chi connectivity index (χ0) is 9.42. The fourth-order valence-electron chi connectivity index (χ4n) is 1.43. The normalized spacial score (nSPS) is 11.0. The number of aromatic amines is 1. The molecule has 3 heteroatoms.